The van der Waals surface area contributed by atoms with Gasteiger partial charge in [0.2, 0.25) is 0 Å². The molecule has 0 aliphatic carbocycles. The summed E-state index contributed by atoms with van der Waals surface area (Å²) in [6, 6.07) is 10.3. The second-order valence-electron chi connectivity index (χ2n) is 5.15. The first kappa shape index (κ1) is 18.5. The second-order valence-corrected chi connectivity index (χ2v) is 6.80. The summed E-state index contributed by atoms with van der Waals surface area (Å²) in [7, 11) is -1.53. The third-order valence-corrected chi connectivity index (χ3v) is 4.95. The van der Waals surface area contributed by atoms with Gasteiger partial charge in [0.25, 0.3) is 10.0 Å². The van der Waals surface area contributed by atoms with Crippen molar-refractivity contribution in [1.82, 2.24) is 0 Å². The van der Waals surface area contributed by atoms with Gasteiger partial charge in [-0.2, -0.15) is 0 Å². The summed E-state index contributed by atoms with van der Waals surface area (Å²) in [5, 5.41) is 0. The Hall–Kier alpha value is -2.87. The van der Waals surface area contributed by atoms with E-state index in [1.807, 2.05) is 0 Å². The van der Waals surface area contributed by atoms with E-state index >= 15 is 0 Å². The lowest BCUT2D eigenvalue weighted by Gasteiger charge is -2.12. The molecule has 0 unspecified atom stereocenters. The van der Waals surface area contributed by atoms with Gasteiger partial charge in [-0.3, -0.25) is 4.72 Å². The zero-order valence-electron chi connectivity index (χ0n) is 13.9. The van der Waals surface area contributed by atoms with Gasteiger partial charge in [0.15, 0.2) is 0 Å². The Bertz CT molecular complexity index is 886. The SMILES string of the molecule is COC(=O)c1cc(NS(=O)(=O)c2ccccc2C)cc(C(=O)OC)c1. The highest BCUT2D eigenvalue weighted by Gasteiger charge is 2.19. The number of esters is 2. The van der Waals surface area contributed by atoms with Crippen LogP contribution in [0.5, 0.6) is 0 Å². The monoisotopic (exact) mass is 363 g/mol. The molecular formula is C17H17NO6S. The number of ether oxygens (including phenoxy) is 2. The van der Waals surface area contributed by atoms with E-state index < -0.39 is 22.0 Å². The summed E-state index contributed by atoms with van der Waals surface area (Å²) in [6.45, 7) is 1.67. The minimum atomic E-state index is -3.90. The predicted molar refractivity (Wildman–Crippen MR) is 91.1 cm³/mol. The molecule has 8 heteroatoms. The van der Waals surface area contributed by atoms with E-state index in [0.717, 1.165) is 0 Å². The van der Waals surface area contributed by atoms with Crippen molar-refractivity contribution in [3.8, 4) is 0 Å². The number of methoxy groups -OCH3 is 2. The topological polar surface area (TPSA) is 98.8 Å². The maximum absolute atomic E-state index is 12.6. The molecule has 0 saturated carbocycles. The summed E-state index contributed by atoms with van der Waals surface area (Å²) in [4.78, 5) is 23.6. The van der Waals surface area contributed by atoms with Gasteiger partial charge in [0.05, 0.1) is 35.9 Å². The number of anilines is 1. The Morgan fingerprint density at radius 2 is 1.44 bits per heavy atom. The fourth-order valence-electron chi connectivity index (χ4n) is 2.23. The Balaban J connectivity index is 2.49. The van der Waals surface area contributed by atoms with Crippen molar-refractivity contribution in [2.45, 2.75) is 11.8 Å². The molecule has 0 bridgehead atoms. The minimum absolute atomic E-state index is 0.0212. The maximum atomic E-state index is 12.6. The lowest BCUT2D eigenvalue weighted by molar-refractivity contribution is 0.0599. The lowest BCUT2D eigenvalue weighted by atomic mass is 10.1. The number of carbonyl (C=O) groups is 2. The molecule has 0 aromatic heterocycles. The number of aryl methyl sites for hydroxylation is 1. The molecule has 0 saturated heterocycles. The highest BCUT2D eigenvalue weighted by Crippen LogP contribution is 2.22. The van der Waals surface area contributed by atoms with Crippen LogP contribution in [-0.4, -0.2) is 34.6 Å². The average Bonchev–Trinajstić information content (AvgIpc) is 2.59. The molecule has 7 nitrogen and oxygen atoms in total. The standard InChI is InChI=1S/C17H17NO6S/c1-11-6-4-5-7-15(11)25(21,22)18-14-9-12(16(19)23-2)8-13(10-14)17(20)24-3/h4-10,18H,1-3H3. The molecule has 2 aromatic rings. The summed E-state index contributed by atoms with van der Waals surface area (Å²) in [6.07, 6.45) is 0. The van der Waals surface area contributed by atoms with E-state index in [4.69, 9.17) is 0 Å². The summed E-state index contributed by atoms with van der Waals surface area (Å²) >= 11 is 0. The van der Waals surface area contributed by atoms with E-state index in [0.29, 0.717) is 5.56 Å². The van der Waals surface area contributed by atoms with Crippen molar-refractivity contribution in [3.05, 3.63) is 59.2 Å². The first-order valence-electron chi connectivity index (χ1n) is 7.18. The van der Waals surface area contributed by atoms with Crippen molar-refractivity contribution < 1.29 is 27.5 Å². The van der Waals surface area contributed by atoms with Gasteiger partial charge in [-0.15, -0.1) is 0 Å². The zero-order valence-corrected chi connectivity index (χ0v) is 14.7. The van der Waals surface area contributed by atoms with Crippen LogP contribution < -0.4 is 4.72 Å². The first-order chi connectivity index (χ1) is 11.8. The molecule has 2 rings (SSSR count). The number of nitrogens with one attached hydrogen (secondary N) is 1. The van der Waals surface area contributed by atoms with Crippen LogP contribution in [0.25, 0.3) is 0 Å². The quantitative estimate of drug-likeness (QED) is 0.819. The van der Waals surface area contributed by atoms with Gasteiger partial charge in [-0.05, 0) is 36.8 Å². The molecule has 1 N–H and O–H groups in total. The Labute approximate surface area is 145 Å². The van der Waals surface area contributed by atoms with Crippen molar-refractivity contribution in [1.29, 1.82) is 0 Å². The third-order valence-electron chi connectivity index (χ3n) is 3.41. The average molecular weight is 363 g/mol. The van der Waals surface area contributed by atoms with Crippen molar-refractivity contribution in [3.63, 3.8) is 0 Å². The number of rotatable bonds is 5. The van der Waals surface area contributed by atoms with Gasteiger partial charge >= 0.3 is 11.9 Å². The molecule has 0 spiro atoms. The Morgan fingerprint density at radius 3 is 1.92 bits per heavy atom. The van der Waals surface area contributed by atoms with Crippen LogP contribution in [0.4, 0.5) is 5.69 Å². The fraction of sp³-hybridized carbons (Fsp3) is 0.176. The van der Waals surface area contributed by atoms with Crippen LogP contribution in [-0.2, 0) is 19.5 Å². The van der Waals surface area contributed by atoms with Crippen molar-refractivity contribution in [2.24, 2.45) is 0 Å². The molecule has 0 atom stereocenters. The van der Waals surface area contributed by atoms with Gasteiger partial charge in [0, 0.05) is 0 Å². The summed E-state index contributed by atoms with van der Waals surface area (Å²) < 4.78 is 36.8. The molecule has 132 valence electrons. The van der Waals surface area contributed by atoms with E-state index in [2.05, 4.69) is 14.2 Å². The van der Waals surface area contributed by atoms with Gasteiger partial charge in [-0.25, -0.2) is 18.0 Å². The van der Waals surface area contributed by atoms with Gasteiger partial charge in [0.1, 0.15) is 0 Å². The lowest BCUT2D eigenvalue weighted by Crippen LogP contribution is -2.16. The second kappa shape index (κ2) is 7.35. The summed E-state index contributed by atoms with van der Waals surface area (Å²) in [5.74, 6) is -1.41. The molecule has 0 aliphatic rings. The van der Waals surface area contributed by atoms with E-state index in [1.54, 1.807) is 25.1 Å². The van der Waals surface area contributed by atoms with Crippen LogP contribution in [0.15, 0.2) is 47.4 Å². The smallest absolute Gasteiger partial charge is 0.337 e. The predicted octanol–water partition coefficient (Wildman–Crippen LogP) is 2.37. The van der Waals surface area contributed by atoms with Crippen LogP contribution in [0.1, 0.15) is 26.3 Å². The van der Waals surface area contributed by atoms with E-state index in [9.17, 15) is 18.0 Å². The zero-order chi connectivity index (χ0) is 18.6. The molecular weight excluding hydrogens is 346 g/mol. The minimum Gasteiger partial charge on any atom is -0.465 e. The normalized spacial score (nSPS) is 10.8. The highest BCUT2D eigenvalue weighted by molar-refractivity contribution is 7.92. The Kier molecular flexibility index (Phi) is 5.43. The fourth-order valence-corrected chi connectivity index (χ4v) is 3.51. The third kappa shape index (κ3) is 4.16. The van der Waals surface area contributed by atoms with Crippen molar-refractivity contribution in [2.75, 3.05) is 18.9 Å². The van der Waals surface area contributed by atoms with Gasteiger partial charge < -0.3 is 9.47 Å². The maximum Gasteiger partial charge on any atom is 0.337 e. The largest absolute Gasteiger partial charge is 0.465 e. The molecule has 0 amide bonds. The Morgan fingerprint density at radius 1 is 0.920 bits per heavy atom. The number of carbonyl (C=O) groups excluding carboxylic acids is 2. The number of hydrogen-bond donors (Lipinski definition) is 1. The number of hydrogen-bond acceptors (Lipinski definition) is 6. The van der Waals surface area contributed by atoms with E-state index in [-0.39, 0.29) is 21.7 Å². The molecule has 0 fully saturated rings. The highest BCUT2D eigenvalue weighted by atomic mass is 32.2. The molecule has 25 heavy (non-hydrogen) atoms. The molecule has 0 aliphatic heterocycles. The molecule has 0 heterocycles. The van der Waals surface area contributed by atoms with Crippen LogP contribution >= 0.6 is 0 Å². The van der Waals surface area contributed by atoms with E-state index in [1.165, 1.54) is 38.5 Å². The van der Waals surface area contributed by atoms with Crippen LogP contribution in [0.2, 0.25) is 0 Å². The number of sulfonamides is 1. The molecule has 0 radical (unpaired) electrons. The molecule has 2 aromatic carbocycles. The van der Waals surface area contributed by atoms with Crippen LogP contribution in [0.3, 0.4) is 0 Å². The van der Waals surface area contributed by atoms with Crippen LogP contribution in [0, 0.1) is 6.92 Å². The van der Waals surface area contributed by atoms with Crippen molar-refractivity contribution >= 4 is 27.6 Å². The first-order valence-corrected chi connectivity index (χ1v) is 8.67. The summed E-state index contributed by atoms with van der Waals surface area (Å²) in [5.41, 5.74) is 0.652. The van der Waals surface area contributed by atoms with Gasteiger partial charge in [-0.1, -0.05) is 18.2 Å². The number of benzene rings is 2.